The average Bonchev–Trinajstić information content (AvgIpc) is 3.02. The fraction of sp³-hybridized carbons (Fsp3) is 0.385. The van der Waals surface area contributed by atoms with Crippen molar-refractivity contribution < 1.29 is 4.79 Å². The van der Waals surface area contributed by atoms with Gasteiger partial charge in [0.05, 0.1) is 5.70 Å². The average molecular weight is 432 g/mol. The predicted octanol–water partition coefficient (Wildman–Crippen LogP) is 3.65. The van der Waals surface area contributed by atoms with Crippen molar-refractivity contribution in [3.63, 3.8) is 0 Å². The third-order valence-electron chi connectivity index (χ3n) is 6.36. The molecule has 2 heterocycles. The second-order valence-electron chi connectivity index (χ2n) is 8.57. The van der Waals surface area contributed by atoms with Gasteiger partial charge in [0, 0.05) is 56.9 Å². The molecule has 6 nitrogen and oxygen atoms in total. The van der Waals surface area contributed by atoms with Crippen LogP contribution in [0, 0.1) is 5.41 Å². The van der Waals surface area contributed by atoms with Gasteiger partial charge in [-0.2, -0.15) is 0 Å². The fourth-order valence-corrected chi connectivity index (χ4v) is 4.69. The van der Waals surface area contributed by atoms with Crippen LogP contribution in [0.15, 0.2) is 54.4 Å². The van der Waals surface area contributed by atoms with Crippen molar-refractivity contribution >= 4 is 17.8 Å². The summed E-state index contributed by atoms with van der Waals surface area (Å²) in [5.41, 5.74) is 6.29. The van der Waals surface area contributed by atoms with Crippen LogP contribution in [0.3, 0.4) is 0 Å². The summed E-state index contributed by atoms with van der Waals surface area (Å²) < 4.78 is 0. The Morgan fingerprint density at radius 3 is 2.72 bits per heavy atom. The Morgan fingerprint density at radius 1 is 1.06 bits per heavy atom. The molecule has 0 bridgehead atoms. The number of nitrogens with zero attached hydrogens (tertiary/aromatic N) is 2. The van der Waals surface area contributed by atoms with Gasteiger partial charge in [-0.15, -0.1) is 0 Å². The highest BCUT2D eigenvalue weighted by molar-refractivity contribution is 5.98. The molecule has 3 N–H and O–H groups in total. The van der Waals surface area contributed by atoms with E-state index in [0.717, 1.165) is 68.8 Å². The lowest BCUT2D eigenvalue weighted by atomic mass is 9.98. The van der Waals surface area contributed by atoms with Crippen molar-refractivity contribution in [2.45, 2.75) is 32.2 Å². The normalized spacial score (nSPS) is 16.7. The zero-order valence-electron chi connectivity index (χ0n) is 18.9. The van der Waals surface area contributed by atoms with Crippen LogP contribution in [0.2, 0.25) is 0 Å². The Labute approximate surface area is 190 Å². The van der Waals surface area contributed by atoms with E-state index in [0.29, 0.717) is 5.70 Å². The van der Waals surface area contributed by atoms with Gasteiger partial charge in [-0.25, -0.2) is 0 Å². The molecule has 0 unspecified atom stereocenters. The Morgan fingerprint density at radius 2 is 1.91 bits per heavy atom. The van der Waals surface area contributed by atoms with E-state index in [-0.39, 0.29) is 5.91 Å². The van der Waals surface area contributed by atoms with Crippen LogP contribution in [0.1, 0.15) is 39.9 Å². The van der Waals surface area contributed by atoms with Gasteiger partial charge < -0.3 is 20.9 Å². The molecule has 2 aromatic carbocycles. The van der Waals surface area contributed by atoms with Crippen molar-refractivity contribution in [3.8, 4) is 0 Å². The lowest BCUT2D eigenvalue weighted by molar-refractivity contribution is 0.0731. The number of aryl methyl sites for hydroxylation is 1. The minimum absolute atomic E-state index is 0.116. The summed E-state index contributed by atoms with van der Waals surface area (Å²) in [5.74, 6) is 0.116. The smallest absolute Gasteiger partial charge is 0.254 e. The number of nitrogens with one attached hydrogen (secondary N) is 3. The molecule has 2 aliphatic heterocycles. The van der Waals surface area contributed by atoms with E-state index in [4.69, 9.17) is 5.41 Å². The molecule has 0 spiro atoms. The Balaban J connectivity index is 1.35. The molecule has 0 atom stereocenters. The van der Waals surface area contributed by atoms with Crippen LogP contribution >= 0.6 is 0 Å². The van der Waals surface area contributed by atoms with Crippen LogP contribution in [-0.4, -0.2) is 55.1 Å². The summed E-state index contributed by atoms with van der Waals surface area (Å²) in [4.78, 5) is 17.7. The number of carbonyl (C=O) groups is 1. The topological polar surface area (TPSA) is 71.5 Å². The maximum Gasteiger partial charge on any atom is 0.254 e. The summed E-state index contributed by atoms with van der Waals surface area (Å²) >= 11 is 0. The second-order valence-corrected chi connectivity index (χ2v) is 8.57. The third-order valence-corrected chi connectivity index (χ3v) is 6.36. The van der Waals surface area contributed by atoms with Crippen molar-refractivity contribution in [1.29, 1.82) is 5.41 Å². The Kier molecular flexibility index (Phi) is 7.22. The molecule has 6 heteroatoms. The molecule has 0 aliphatic carbocycles. The van der Waals surface area contributed by atoms with E-state index < -0.39 is 0 Å². The van der Waals surface area contributed by atoms with Crippen LogP contribution in [-0.2, 0) is 19.4 Å². The molecule has 168 valence electrons. The number of carbonyl (C=O) groups excluding carboxylic acids is 1. The van der Waals surface area contributed by atoms with E-state index in [1.807, 2.05) is 23.1 Å². The third kappa shape index (κ3) is 5.19. The molecule has 0 aromatic heterocycles. The number of hydrogen-bond acceptors (Lipinski definition) is 5. The van der Waals surface area contributed by atoms with Gasteiger partial charge in [-0.05, 0) is 61.1 Å². The molecule has 0 saturated heterocycles. The van der Waals surface area contributed by atoms with Crippen molar-refractivity contribution in [2.24, 2.45) is 0 Å². The largest absolute Gasteiger partial charge is 0.392 e. The molecule has 1 amide bonds. The first-order valence-corrected chi connectivity index (χ1v) is 11.5. The highest BCUT2D eigenvalue weighted by Crippen LogP contribution is 2.24. The second kappa shape index (κ2) is 10.5. The molecule has 32 heavy (non-hydrogen) atoms. The first kappa shape index (κ1) is 22.1. The summed E-state index contributed by atoms with van der Waals surface area (Å²) in [6.07, 6.45) is 7.22. The maximum absolute atomic E-state index is 13.2. The van der Waals surface area contributed by atoms with E-state index >= 15 is 0 Å². The molecule has 0 radical (unpaired) electrons. The molecule has 0 fully saturated rings. The SMILES string of the molecule is CN/C=C(\C=N)Nc1ccc2c(c1)C(=O)N(CCCN1CCCc3ccccc3C1)CC2. The molecular weight excluding hydrogens is 398 g/mol. The molecule has 2 aliphatic rings. The Bertz CT molecular complexity index is 999. The summed E-state index contributed by atoms with van der Waals surface area (Å²) in [5, 5.41) is 13.6. The van der Waals surface area contributed by atoms with Crippen LogP contribution in [0.5, 0.6) is 0 Å². The van der Waals surface area contributed by atoms with E-state index in [2.05, 4.69) is 39.8 Å². The quantitative estimate of drug-likeness (QED) is 0.558. The van der Waals surface area contributed by atoms with Crippen LogP contribution in [0.4, 0.5) is 5.69 Å². The Hall–Kier alpha value is -3.12. The standard InChI is InChI=1S/C26H33N5O/c1-28-18-24(17-27)29-23-10-9-21-11-15-31(26(32)25(21)16-23)14-5-13-30-12-4-8-20-6-2-3-7-22(20)19-30/h2-3,6-7,9-10,16-18,27-29H,4-5,8,11-15,19H2,1H3/b24-18+,27-17?. The van der Waals surface area contributed by atoms with Gasteiger partial charge in [0.25, 0.3) is 5.91 Å². The van der Waals surface area contributed by atoms with Crippen LogP contribution in [0.25, 0.3) is 0 Å². The van der Waals surface area contributed by atoms with Gasteiger partial charge in [0.2, 0.25) is 0 Å². The van der Waals surface area contributed by atoms with Gasteiger partial charge in [0.1, 0.15) is 0 Å². The number of fused-ring (bicyclic) bond motifs is 2. The minimum atomic E-state index is 0.116. The zero-order chi connectivity index (χ0) is 22.3. The van der Waals surface area contributed by atoms with Crippen LogP contribution < -0.4 is 10.6 Å². The van der Waals surface area contributed by atoms with Gasteiger partial charge in [-0.1, -0.05) is 30.3 Å². The molecule has 2 aromatic rings. The summed E-state index contributed by atoms with van der Waals surface area (Å²) in [6, 6.07) is 14.7. The summed E-state index contributed by atoms with van der Waals surface area (Å²) in [7, 11) is 1.80. The van der Waals surface area contributed by atoms with Crippen molar-refractivity contribution in [3.05, 3.63) is 76.6 Å². The van der Waals surface area contributed by atoms with Crippen molar-refractivity contribution in [2.75, 3.05) is 38.5 Å². The number of allylic oxidation sites excluding steroid dienone is 1. The lowest BCUT2D eigenvalue weighted by Crippen LogP contribution is -2.39. The lowest BCUT2D eigenvalue weighted by Gasteiger charge is -2.30. The minimum Gasteiger partial charge on any atom is -0.392 e. The molecule has 4 rings (SSSR count). The fourth-order valence-electron chi connectivity index (χ4n) is 4.69. The highest BCUT2D eigenvalue weighted by Gasteiger charge is 2.24. The molecule has 0 saturated carbocycles. The number of amides is 1. The van der Waals surface area contributed by atoms with Gasteiger partial charge in [-0.3, -0.25) is 9.69 Å². The van der Waals surface area contributed by atoms with E-state index in [1.54, 1.807) is 13.2 Å². The number of anilines is 1. The number of benzene rings is 2. The van der Waals surface area contributed by atoms with E-state index in [1.165, 1.54) is 23.8 Å². The molecular formula is C26H33N5O. The monoisotopic (exact) mass is 431 g/mol. The first-order chi connectivity index (χ1) is 15.7. The van der Waals surface area contributed by atoms with Crippen molar-refractivity contribution in [1.82, 2.24) is 15.1 Å². The number of rotatable bonds is 8. The number of hydrogen-bond donors (Lipinski definition) is 3. The predicted molar refractivity (Wildman–Crippen MR) is 130 cm³/mol. The van der Waals surface area contributed by atoms with E-state index in [9.17, 15) is 4.79 Å². The summed E-state index contributed by atoms with van der Waals surface area (Å²) in [6.45, 7) is 4.73. The van der Waals surface area contributed by atoms with Gasteiger partial charge in [0.15, 0.2) is 0 Å². The first-order valence-electron chi connectivity index (χ1n) is 11.5. The zero-order valence-corrected chi connectivity index (χ0v) is 18.9. The highest BCUT2D eigenvalue weighted by atomic mass is 16.2. The van der Waals surface area contributed by atoms with Gasteiger partial charge >= 0.3 is 0 Å². The maximum atomic E-state index is 13.2.